The van der Waals surface area contributed by atoms with Crippen LogP contribution in [0.5, 0.6) is 5.75 Å². The summed E-state index contributed by atoms with van der Waals surface area (Å²) in [7, 11) is -1.32. The Balaban J connectivity index is 1.58. The molecule has 1 aromatic carbocycles. The van der Waals surface area contributed by atoms with Crippen LogP contribution in [-0.4, -0.2) is 56.0 Å². The number of sulfone groups is 1. The summed E-state index contributed by atoms with van der Waals surface area (Å²) in [5.74, 6) is 0.940. The standard InChI is InChI=1S/C19H28N2O4S/c1-14(19(22)21(2)16-10-11-26(23,24)13-16)20-15-6-5-9-18(12-15)25-17-7-3-4-8-17/h5-6,9,12,14,16-17,20H,3-4,7-8,10-11,13H2,1-2H3. The minimum absolute atomic E-state index is 0.0622. The van der Waals surface area contributed by atoms with Gasteiger partial charge in [0.1, 0.15) is 11.8 Å². The zero-order valence-electron chi connectivity index (χ0n) is 15.5. The quantitative estimate of drug-likeness (QED) is 0.820. The van der Waals surface area contributed by atoms with Crippen molar-refractivity contribution in [1.82, 2.24) is 4.90 Å². The lowest BCUT2D eigenvalue weighted by Gasteiger charge is -2.27. The molecule has 7 heteroatoms. The average Bonchev–Trinajstić information content (AvgIpc) is 3.23. The Bertz CT molecular complexity index is 744. The second kappa shape index (κ2) is 7.86. The van der Waals surface area contributed by atoms with Gasteiger partial charge in [-0.2, -0.15) is 0 Å². The lowest BCUT2D eigenvalue weighted by molar-refractivity contribution is -0.132. The SMILES string of the molecule is CC(Nc1cccc(OC2CCCC2)c1)C(=O)N(C)C1CCS(=O)(=O)C1. The number of carbonyl (C=O) groups excluding carboxylic acids is 1. The van der Waals surface area contributed by atoms with Gasteiger partial charge >= 0.3 is 0 Å². The van der Waals surface area contributed by atoms with Crippen molar-refractivity contribution in [3.63, 3.8) is 0 Å². The molecule has 1 saturated carbocycles. The Kier molecular flexibility index (Phi) is 5.75. The van der Waals surface area contributed by atoms with E-state index >= 15 is 0 Å². The highest BCUT2D eigenvalue weighted by molar-refractivity contribution is 7.91. The first kappa shape index (κ1) is 19.0. The second-order valence-corrected chi connectivity index (χ2v) is 9.65. The molecular formula is C19H28N2O4S. The van der Waals surface area contributed by atoms with Gasteiger partial charge in [0.25, 0.3) is 0 Å². The highest BCUT2D eigenvalue weighted by Gasteiger charge is 2.34. The Morgan fingerprint density at radius 3 is 2.65 bits per heavy atom. The minimum Gasteiger partial charge on any atom is -0.490 e. The molecule has 1 saturated heterocycles. The summed E-state index contributed by atoms with van der Waals surface area (Å²) in [5, 5.41) is 3.21. The summed E-state index contributed by atoms with van der Waals surface area (Å²) in [6.07, 6.45) is 5.44. The highest BCUT2D eigenvalue weighted by atomic mass is 32.2. The van der Waals surface area contributed by atoms with Crippen LogP contribution in [0.3, 0.4) is 0 Å². The van der Waals surface area contributed by atoms with E-state index in [1.54, 1.807) is 18.9 Å². The Morgan fingerprint density at radius 1 is 1.27 bits per heavy atom. The molecule has 3 rings (SSSR count). The van der Waals surface area contributed by atoms with Gasteiger partial charge < -0.3 is 15.0 Å². The Hall–Kier alpha value is -1.76. The lowest BCUT2D eigenvalue weighted by Crippen LogP contribution is -2.45. The van der Waals surface area contributed by atoms with E-state index < -0.39 is 15.9 Å². The fourth-order valence-electron chi connectivity index (χ4n) is 3.74. The van der Waals surface area contributed by atoms with Gasteiger partial charge in [0.05, 0.1) is 17.6 Å². The van der Waals surface area contributed by atoms with Gasteiger partial charge in [-0.1, -0.05) is 6.07 Å². The molecule has 0 bridgehead atoms. The van der Waals surface area contributed by atoms with Crippen molar-refractivity contribution < 1.29 is 17.9 Å². The first-order valence-corrected chi connectivity index (χ1v) is 11.2. The van der Waals surface area contributed by atoms with Gasteiger partial charge in [-0.25, -0.2) is 8.42 Å². The van der Waals surface area contributed by atoms with Crippen LogP contribution >= 0.6 is 0 Å². The molecule has 1 heterocycles. The number of hydrogen-bond donors (Lipinski definition) is 1. The molecule has 0 aromatic heterocycles. The largest absolute Gasteiger partial charge is 0.490 e. The van der Waals surface area contributed by atoms with Gasteiger partial charge in [0, 0.05) is 24.8 Å². The van der Waals surface area contributed by atoms with Crippen molar-refractivity contribution in [2.75, 3.05) is 23.9 Å². The normalized spacial score (nSPS) is 23.5. The van der Waals surface area contributed by atoms with Crippen molar-refractivity contribution in [3.05, 3.63) is 24.3 Å². The van der Waals surface area contributed by atoms with Crippen LogP contribution in [-0.2, 0) is 14.6 Å². The molecule has 2 aliphatic rings. The van der Waals surface area contributed by atoms with Gasteiger partial charge in [0.15, 0.2) is 9.84 Å². The Morgan fingerprint density at radius 2 is 2.00 bits per heavy atom. The van der Waals surface area contributed by atoms with Crippen molar-refractivity contribution in [2.45, 2.75) is 57.2 Å². The second-order valence-electron chi connectivity index (χ2n) is 7.42. The van der Waals surface area contributed by atoms with Crippen molar-refractivity contribution in [2.24, 2.45) is 0 Å². The van der Waals surface area contributed by atoms with Gasteiger partial charge in [-0.15, -0.1) is 0 Å². The monoisotopic (exact) mass is 380 g/mol. The number of nitrogens with one attached hydrogen (secondary N) is 1. The topological polar surface area (TPSA) is 75.7 Å². The third-order valence-electron chi connectivity index (χ3n) is 5.30. The van der Waals surface area contributed by atoms with Crippen LogP contribution < -0.4 is 10.1 Å². The van der Waals surface area contributed by atoms with E-state index in [1.807, 2.05) is 24.3 Å². The van der Waals surface area contributed by atoms with E-state index in [4.69, 9.17) is 4.74 Å². The molecular weight excluding hydrogens is 352 g/mol. The van der Waals surface area contributed by atoms with Crippen LogP contribution in [0.4, 0.5) is 5.69 Å². The molecule has 0 spiro atoms. The molecule has 1 amide bonds. The number of nitrogens with zero attached hydrogens (tertiary/aromatic N) is 1. The van der Waals surface area contributed by atoms with Gasteiger partial charge in [0.2, 0.25) is 5.91 Å². The zero-order chi connectivity index (χ0) is 18.7. The van der Waals surface area contributed by atoms with E-state index in [0.717, 1.165) is 24.3 Å². The molecule has 2 unspecified atom stereocenters. The average molecular weight is 381 g/mol. The molecule has 2 fully saturated rings. The number of likely N-dealkylation sites (N-methyl/N-ethyl adjacent to an activating group) is 1. The summed E-state index contributed by atoms with van der Waals surface area (Å²) in [6.45, 7) is 1.80. The number of ether oxygens (including phenoxy) is 1. The number of amides is 1. The van der Waals surface area contributed by atoms with Gasteiger partial charge in [-0.3, -0.25) is 4.79 Å². The maximum Gasteiger partial charge on any atom is 0.244 e. The summed E-state index contributed by atoms with van der Waals surface area (Å²) in [5.41, 5.74) is 0.828. The maximum absolute atomic E-state index is 12.6. The minimum atomic E-state index is -3.01. The lowest BCUT2D eigenvalue weighted by atomic mass is 10.2. The molecule has 2 atom stereocenters. The highest BCUT2D eigenvalue weighted by Crippen LogP contribution is 2.26. The molecule has 1 aliphatic carbocycles. The van der Waals surface area contributed by atoms with E-state index in [0.29, 0.717) is 12.5 Å². The predicted octanol–water partition coefficient (Wildman–Crippen LogP) is 2.45. The number of anilines is 1. The van der Waals surface area contributed by atoms with E-state index in [1.165, 1.54) is 12.8 Å². The molecule has 6 nitrogen and oxygen atoms in total. The first-order chi connectivity index (χ1) is 12.3. The maximum atomic E-state index is 12.6. The van der Waals surface area contributed by atoms with Crippen LogP contribution in [0.15, 0.2) is 24.3 Å². The van der Waals surface area contributed by atoms with Crippen molar-refractivity contribution in [1.29, 1.82) is 0 Å². The summed E-state index contributed by atoms with van der Waals surface area (Å²) in [4.78, 5) is 14.2. The molecule has 1 aromatic rings. The molecule has 26 heavy (non-hydrogen) atoms. The summed E-state index contributed by atoms with van der Waals surface area (Å²) in [6, 6.07) is 7.01. The number of carbonyl (C=O) groups is 1. The molecule has 0 radical (unpaired) electrons. The van der Waals surface area contributed by atoms with Crippen LogP contribution in [0.2, 0.25) is 0 Å². The summed E-state index contributed by atoms with van der Waals surface area (Å²) < 4.78 is 29.3. The van der Waals surface area contributed by atoms with Gasteiger partial charge in [-0.05, 0) is 51.2 Å². The fraction of sp³-hybridized carbons (Fsp3) is 0.632. The number of benzene rings is 1. The molecule has 144 valence electrons. The molecule has 1 N–H and O–H groups in total. The zero-order valence-corrected chi connectivity index (χ0v) is 16.3. The van der Waals surface area contributed by atoms with Crippen molar-refractivity contribution in [3.8, 4) is 5.75 Å². The summed E-state index contributed by atoms with van der Waals surface area (Å²) >= 11 is 0. The van der Waals surface area contributed by atoms with E-state index in [2.05, 4.69) is 5.32 Å². The van der Waals surface area contributed by atoms with Crippen LogP contribution in [0, 0.1) is 0 Å². The van der Waals surface area contributed by atoms with Crippen LogP contribution in [0.1, 0.15) is 39.0 Å². The number of hydrogen-bond acceptors (Lipinski definition) is 5. The first-order valence-electron chi connectivity index (χ1n) is 9.34. The third kappa shape index (κ3) is 4.69. The Labute approximate surface area is 155 Å². The third-order valence-corrected chi connectivity index (χ3v) is 7.05. The van der Waals surface area contributed by atoms with Crippen LogP contribution in [0.25, 0.3) is 0 Å². The van der Waals surface area contributed by atoms with Crippen molar-refractivity contribution >= 4 is 21.4 Å². The van der Waals surface area contributed by atoms with E-state index in [-0.39, 0.29) is 23.5 Å². The smallest absolute Gasteiger partial charge is 0.244 e. The number of rotatable bonds is 6. The predicted molar refractivity (Wildman–Crippen MR) is 102 cm³/mol. The van der Waals surface area contributed by atoms with E-state index in [9.17, 15) is 13.2 Å². The fourth-order valence-corrected chi connectivity index (χ4v) is 5.51. The molecule has 1 aliphatic heterocycles.